The molecule has 1 amide bonds. The van der Waals surface area contributed by atoms with Crippen LogP contribution in [0.4, 0.5) is 24.7 Å². The Labute approximate surface area is 278 Å². The van der Waals surface area contributed by atoms with Crippen LogP contribution in [-0.4, -0.2) is 52.6 Å². The van der Waals surface area contributed by atoms with Crippen molar-refractivity contribution < 1.29 is 53.8 Å². The van der Waals surface area contributed by atoms with Gasteiger partial charge in [-0.2, -0.15) is 13.2 Å². The molecule has 0 spiro atoms. The maximum absolute atomic E-state index is 14.2. The molecule has 0 saturated heterocycles. The van der Waals surface area contributed by atoms with Crippen molar-refractivity contribution in [3.8, 4) is 11.5 Å². The number of aromatic nitrogens is 1. The van der Waals surface area contributed by atoms with Crippen molar-refractivity contribution in [3.05, 3.63) is 78.5 Å². The van der Waals surface area contributed by atoms with E-state index >= 15 is 0 Å². The number of carbonyl (C=O) groups is 2. The zero-order chi connectivity index (χ0) is 36.4. The molecule has 1 heterocycles. The van der Waals surface area contributed by atoms with E-state index in [1.807, 2.05) is 0 Å². The number of halogens is 3. The number of benzene rings is 3. The Bertz CT molecular complexity index is 2130. The van der Waals surface area contributed by atoms with Crippen molar-refractivity contribution in [2.24, 2.45) is 5.14 Å². The van der Waals surface area contributed by atoms with Crippen LogP contribution in [0.25, 0.3) is 10.8 Å². The van der Waals surface area contributed by atoms with Gasteiger partial charge < -0.3 is 25.3 Å². The van der Waals surface area contributed by atoms with Crippen LogP contribution in [0.15, 0.2) is 82.7 Å². The number of rotatable bonds is 12. The summed E-state index contributed by atoms with van der Waals surface area (Å²) in [5.74, 6) is -4.62. The number of nitrogens with zero attached hydrogens (tertiary/aromatic N) is 1. The zero-order valence-electron chi connectivity index (χ0n) is 25.9. The molecule has 0 aliphatic rings. The molecule has 0 saturated carbocycles. The summed E-state index contributed by atoms with van der Waals surface area (Å²) in [4.78, 5) is 29.2. The maximum atomic E-state index is 14.2. The van der Waals surface area contributed by atoms with Crippen LogP contribution in [0.1, 0.15) is 26.3 Å². The van der Waals surface area contributed by atoms with Gasteiger partial charge in [-0.15, -0.1) is 0 Å². The third kappa shape index (κ3) is 8.30. The van der Waals surface area contributed by atoms with Crippen LogP contribution in [0.5, 0.6) is 11.5 Å². The van der Waals surface area contributed by atoms with Crippen molar-refractivity contribution in [1.82, 2.24) is 9.71 Å². The van der Waals surface area contributed by atoms with Gasteiger partial charge in [0.05, 0.1) is 22.5 Å². The van der Waals surface area contributed by atoms with E-state index in [1.54, 1.807) is 25.5 Å². The van der Waals surface area contributed by atoms with Gasteiger partial charge in [-0.1, -0.05) is 6.07 Å². The molecule has 1 unspecified atom stereocenters. The number of esters is 1. The quantitative estimate of drug-likeness (QED) is 0.122. The Morgan fingerprint density at radius 2 is 1.63 bits per heavy atom. The highest BCUT2D eigenvalue weighted by Crippen LogP contribution is 2.38. The van der Waals surface area contributed by atoms with Gasteiger partial charge in [0.2, 0.25) is 10.0 Å². The Balaban J connectivity index is 1.98. The molecular formula is C30H30F3N5O9S2. The average Bonchev–Trinajstić information content (AvgIpc) is 3.00. The number of nitrogens with two attached hydrogens (primary N) is 2. The monoisotopic (exact) mass is 725 g/mol. The summed E-state index contributed by atoms with van der Waals surface area (Å²) in [6.07, 6.45) is -4.74. The molecule has 49 heavy (non-hydrogen) atoms. The number of carbonyl (C=O) groups excluding carboxylic acids is 2. The third-order valence-corrected chi connectivity index (χ3v) is 8.84. The van der Waals surface area contributed by atoms with Crippen molar-refractivity contribution in [3.63, 3.8) is 0 Å². The van der Waals surface area contributed by atoms with E-state index in [-0.39, 0.29) is 29.6 Å². The normalized spacial score (nSPS) is 13.4. The number of hydrogen-bond donors (Lipinski definition) is 4. The van der Waals surface area contributed by atoms with Gasteiger partial charge in [0.15, 0.2) is 11.5 Å². The minimum atomic E-state index is -5.68. The van der Waals surface area contributed by atoms with Crippen LogP contribution in [0, 0.1) is 0 Å². The molecule has 0 radical (unpaired) electrons. The first-order valence-corrected chi connectivity index (χ1v) is 17.2. The summed E-state index contributed by atoms with van der Waals surface area (Å²) >= 11 is 0. The van der Waals surface area contributed by atoms with Gasteiger partial charge >= 0.3 is 18.1 Å². The predicted molar refractivity (Wildman–Crippen MR) is 170 cm³/mol. The number of anilines is 2. The van der Waals surface area contributed by atoms with Crippen LogP contribution in [0.2, 0.25) is 0 Å². The lowest BCUT2D eigenvalue weighted by molar-refractivity contribution is -0.213. The Kier molecular flexibility index (Phi) is 10.3. The number of amides is 1. The smallest absolute Gasteiger partial charge is 0.490 e. The number of sulfonamides is 2. The molecule has 0 aliphatic carbocycles. The minimum Gasteiger partial charge on any atom is -0.490 e. The highest BCUT2D eigenvalue weighted by Gasteiger charge is 2.53. The zero-order valence-corrected chi connectivity index (χ0v) is 27.6. The topological polar surface area (TPSA) is 219 Å². The Morgan fingerprint density at radius 3 is 2.27 bits per heavy atom. The van der Waals surface area contributed by atoms with Gasteiger partial charge in [-0.25, -0.2) is 36.5 Å². The molecule has 4 aromatic rings. The van der Waals surface area contributed by atoms with E-state index in [2.05, 4.69) is 10.3 Å². The number of primary sulfonamides is 1. The lowest BCUT2D eigenvalue weighted by Gasteiger charge is -2.34. The lowest BCUT2D eigenvalue weighted by Crippen LogP contribution is -2.55. The van der Waals surface area contributed by atoms with E-state index in [1.165, 1.54) is 36.5 Å². The molecule has 4 rings (SSSR count). The second kappa shape index (κ2) is 13.8. The predicted octanol–water partition coefficient (Wildman–Crippen LogP) is 3.53. The number of nitrogen functional groups attached to an aromatic ring is 1. The lowest BCUT2D eigenvalue weighted by atomic mass is 9.99. The molecule has 0 aliphatic heterocycles. The number of nitrogens with one attached hydrogen (secondary N) is 2. The van der Waals surface area contributed by atoms with Crippen molar-refractivity contribution in [2.45, 2.75) is 48.6 Å². The highest BCUT2D eigenvalue weighted by molar-refractivity contribution is 7.90. The summed E-state index contributed by atoms with van der Waals surface area (Å²) in [7, 11) is -9.52. The van der Waals surface area contributed by atoms with Crippen LogP contribution in [0.3, 0.4) is 0 Å². The van der Waals surface area contributed by atoms with Gasteiger partial charge in [-0.05, 0) is 86.8 Å². The van der Waals surface area contributed by atoms with E-state index in [0.29, 0.717) is 16.8 Å². The van der Waals surface area contributed by atoms with Gasteiger partial charge in [0, 0.05) is 22.8 Å². The Morgan fingerprint density at radius 1 is 0.939 bits per heavy atom. The van der Waals surface area contributed by atoms with Crippen LogP contribution < -0.4 is 30.4 Å². The van der Waals surface area contributed by atoms with Crippen molar-refractivity contribution in [2.75, 3.05) is 17.7 Å². The highest BCUT2D eigenvalue weighted by atomic mass is 32.2. The van der Waals surface area contributed by atoms with E-state index in [4.69, 9.17) is 25.1 Å². The van der Waals surface area contributed by atoms with Gasteiger partial charge in [0.1, 0.15) is 5.82 Å². The fourth-order valence-electron chi connectivity index (χ4n) is 4.49. The number of alkyl halides is 3. The second-order valence-electron chi connectivity index (χ2n) is 10.5. The molecule has 1 aromatic heterocycles. The third-order valence-electron chi connectivity index (χ3n) is 6.60. The van der Waals surface area contributed by atoms with Crippen molar-refractivity contribution in [1.29, 1.82) is 0 Å². The summed E-state index contributed by atoms with van der Waals surface area (Å²) < 4.78 is 110. The molecule has 6 N–H and O–H groups in total. The molecule has 0 bridgehead atoms. The number of pyridine rings is 1. The minimum absolute atomic E-state index is 0.0156. The standard InChI is InChI=1S/C30H30F3N5O9S2/c1-4-45-25-15-19(8-11-24(25)46-17(2)3)29(47-28(40)30(31,32)33,37-20-9-10-23-18(14-20)12-13-36-26(23)34)27(39)38-49(43,44)22-7-5-6-21(16-22)48(35,41)42/h5-17,37H,4H2,1-3H3,(H2,34,36)(H,38,39)(H2,35,41,42). The largest absolute Gasteiger partial charge is 0.491 e. The number of hydrogen-bond acceptors (Lipinski definition) is 12. The summed E-state index contributed by atoms with van der Waals surface area (Å²) in [6, 6.07) is 12.3. The first-order valence-electron chi connectivity index (χ1n) is 14.1. The summed E-state index contributed by atoms with van der Waals surface area (Å²) in [5.41, 5.74) is 1.94. The van der Waals surface area contributed by atoms with Crippen LogP contribution >= 0.6 is 0 Å². The molecular weight excluding hydrogens is 695 g/mol. The van der Waals surface area contributed by atoms with Crippen LogP contribution in [-0.2, 0) is 40.1 Å². The molecule has 262 valence electrons. The fourth-order valence-corrected chi connectivity index (χ4v) is 6.17. The first-order chi connectivity index (χ1) is 22.8. The van der Waals surface area contributed by atoms with E-state index in [9.17, 15) is 39.6 Å². The second-order valence-corrected chi connectivity index (χ2v) is 13.8. The SMILES string of the molecule is CCOc1cc(C(Nc2ccc3c(N)nccc3c2)(OC(=O)C(F)(F)F)C(=O)NS(=O)(=O)c2cccc(S(N)(=O)=O)c2)ccc1OC(C)C. The van der Waals surface area contributed by atoms with E-state index in [0.717, 1.165) is 30.3 Å². The number of ether oxygens (including phenoxy) is 3. The first kappa shape index (κ1) is 36.7. The summed E-state index contributed by atoms with van der Waals surface area (Å²) in [5, 5.41) is 8.38. The average molecular weight is 726 g/mol. The molecule has 0 fully saturated rings. The molecule has 1 atom stereocenters. The van der Waals surface area contributed by atoms with Crippen molar-refractivity contribution >= 4 is 54.2 Å². The summed E-state index contributed by atoms with van der Waals surface area (Å²) in [6.45, 7) is 4.98. The van der Waals surface area contributed by atoms with Gasteiger partial charge in [0.25, 0.3) is 15.7 Å². The Hall–Kier alpha value is -5.14. The molecule has 19 heteroatoms. The van der Waals surface area contributed by atoms with E-state index < -0.39 is 65.3 Å². The molecule has 14 nitrogen and oxygen atoms in total. The van der Waals surface area contributed by atoms with Gasteiger partial charge in [-0.3, -0.25) is 4.79 Å². The fraction of sp³-hybridized carbons (Fsp3) is 0.233. The number of fused-ring (bicyclic) bond motifs is 1. The molecule has 3 aromatic carbocycles. The maximum Gasteiger partial charge on any atom is 0.491 e.